The molecule has 5 nitrogen and oxygen atoms in total. The molecular formula is C13H10FNO4. The Kier molecular flexibility index (Phi) is 2.35. The van der Waals surface area contributed by atoms with Crippen LogP contribution in [0.25, 0.3) is 10.9 Å². The summed E-state index contributed by atoms with van der Waals surface area (Å²) < 4.78 is 14.9. The van der Waals surface area contributed by atoms with Crippen molar-refractivity contribution in [1.29, 1.82) is 0 Å². The van der Waals surface area contributed by atoms with Gasteiger partial charge in [-0.2, -0.15) is 0 Å². The van der Waals surface area contributed by atoms with E-state index in [1.165, 1.54) is 6.20 Å². The summed E-state index contributed by atoms with van der Waals surface area (Å²) in [6.45, 7) is 0. The van der Waals surface area contributed by atoms with Gasteiger partial charge in [0.15, 0.2) is 0 Å². The number of hydrogen-bond donors (Lipinski definition) is 2. The summed E-state index contributed by atoms with van der Waals surface area (Å²) >= 11 is 0. The SMILES string of the molecule is O=C(O)c1cn(C2CC2)c2c(O)cc(F)cc2c1=O. The van der Waals surface area contributed by atoms with Crippen LogP contribution in [0.5, 0.6) is 5.75 Å². The van der Waals surface area contributed by atoms with Crippen molar-refractivity contribution in [3.63, 3.8) is 0 Å². The fraction of sp³-hybridized carbons (Fsp3) is 0.231. The number of phenols is 1. The van der Waals surface area contributed by atoms with Gasteiger partial charge in [-0.25, -0.2) is 9.18 Å². The lowest BCUT2D eigenvalue weighted by molar-refractivity contribution is 0.0695. The Bertz CT molecular complexity index is 761. The molecule has 1 saturated carbocycles. The zero-order chi connectivity index (χ0) is 13.7. The minimum atomic E-state index is -1.36. The fourth-order valence-corrected chi connectivity index (χ4v) is 2.23. The number of carbonyl (C=O) groups is 1. The van der Waals surface area contributed by atoms with Gasteiger partial charge in [0.2, 0.25) is 5.43 Å². The van der Waals surface area contributed by atoms with Gasteiger partial charge in [0.05, 0.1) is 10.9 Å². The van der Waals surface area contributed by atoms with Crippen LogP contribution >= 0.6 is 0 Å². The normalized spacial score (nSPS) is 14.8. The zero-order valence-corrected chi connectivity index (χ0v) is 9.76. The lowest BCUT2D eigenvalue weighted by atomic mass is 10.1. The number of hydrogen-bond acceptors (Lipinski definition) is 3. The Morgan fingerprint density at radius 1 is 1.37 bits per heavy atom. The molecule has 1 heterocycles. The highest BCUT2D eigenvalue weighted by Gasteiger charge is 2.28. The molecule has 6 heteroatoms. The van der Waals surface area contributed by atoms with Crippen molar-refractivity contribution in [2.45, 2.75) is 18.9 Å². The van der Waals surface area contributed by atoms with Crippen LogP contribution < -0.4 is 5.43 Å². The number of fused-ring (bicyclic) bond motifs is 1. The maximum atomic E-state index is 13.3. The molecule has 3 rings (SSSR count). The number of aromatic carboxylic acids is 1. The maximum absolute atomic E-state index is 13.3. The molecular weight excluding hydrogens is 253 g/mol. The van der Waals surface area contributed by atoms with Crippen LogP contribution in [-0.4, -0.2) is 20.7 Å². The topological polar surface area (TPSA) is 79.5 Å². The van der Waals surface area contributed by atoms with Crippen LogP contribution in [0.1, 0.15) is 29.2 Å². The number of rotatable bonds is 2. The molecule has 0 amide bonds. The van der Waals surface area contributed by atoms with Crippen LogP contribution in [0, 0.1) is 5.82 Å². The first-order chi connectivity index (χ1) is 8.99. The molecule has 1 aliphatic carbocycles. The molecule has 1 fully saturated rings. The highest BCUT2D eigenvalue weighted by molar-refractivity contribution is 5.94. The van der Waals surface area contributed by atoms with E-state index >= 15 is 0 Å². The quantitative estimate of drug-likeness (QED) is 0.867. The molecule has 0 bridgehead atoms. The number of halogens is 1. The Morgan fingerprint density at radius 3 is 2.63 bits per heavy atom. The average Bonchev–Trinajstić information content (AvgIpc) is 3.13. The van der Waals surface area contributed by atoms with E-state index in [1.807, 2.05) is 0 Å². The minimum Gasteiger partial charge on any atom is -0.506 e. The molecule has 0 saturated heterocycles. The fourth-order valence-electron chi connectivity index (χ4n) is 2.23. The van der Waals surface area contributed by atoms with Crippen LogP contribution in [0.3, 0.4) is 0 Å². The Labute approximate surface area is 106 Å². The number of phenolic OH excluding ortho intramolecular Hbond substituents is 1. The first-order valence-corrected chi connectivity index (χ1v) is 5.79. The summed E-state index contributed by atoms with van der Waals surface area (Å²) in [6, 6.07) is 1.93. The van der Waals surface area contributed by atoms with Crippen molar-refractivity contribution in [1.82, 2.24) is 4.57 Å². The Hall–Kier alpha value is -2.37. The van der Waals surface area contributed by atoms with Gasteiger partial charge in [-0.1, -0.05) is 0 Å². The predicted molar refractivity (Wildman–Crippen MR) is 65.1 cm³/mol. The van der Waals surface area contributed by atoms with Crippen molar-refractivity contribution in [3.05, 3.63) is 39.9 Å². The van der Waals surface area contributed by atoms with Gasteiger partial charge in [0.25, 0.3) is 0 Å². The van der Waals surface area contributed by atoms with E-state index in [4.69, 9.17) is 5.11 Å². The number of carboxylic acid groups (broad SMARTS) is 1. The summed E-state index contributed by atoms with van der Waals surface area (Å²) in [7, 11) is 0. The van der Waals surface area contributed by atoms with Crippen molar-refractivity contribution in [3.8, 4) is 5.75 Å². The summed E-state index contributed by atoms with van der Waals surface area (Å²) in [6.07, 6.45) is 2.91. The average molecular weight is 263 g/mol. The van der Waals surface area contributed by atoms with Crippen molar-refractivity contribution in [2.75, 3.05) is 0 Å². The van der Waals surface area contributed by atoms with E-state index < -0.39 is 22.8 Å². The first kappa shape index (κ1) is 11.7. The van der Waals surface area contributed by atoms with Crippen LogP contribution in [-0.2, 0) is 0 Å². The largest absolute Gasteiger partial charge is 0.506 e. The molecule has 2 aromatic rings. The second kappa shape index (κ2) is 3.81. The summed E-state index contributed by atoms with van der Waals surface area (Å²) in [5, 5.41) is 18.7. The third-order valence-electron chi connectivity index (χ3n) is 3.24. The number of benzene rings is 1. The van der Waals surface area contributed by atoms with E-state index in [-0.39, 0.29) is 22.7 Å². The molecule has 2 N–H and O–H groups in total. The molecule has 0 aliphatic heterocycles. The minimum absolute atomic E-state index is 0.0533. The molecule has 1 aliphatic rings. The van der Waals surface area contributed by atoms with Crippen molar-refractivity contribution >= 4 is 16.9 Å². The second-order valence-electron chi connectivity index (χ2n) is 4.64. The van der Waals surface area contributed by atoms with E-state index in [0.29, 0.717) is 0 Å². The van der Waals surface area contributed by atoms with E-state index in [1.54, 1.807) is 4.57 Å². The summed E-state index contributed by atoms with van der Waals surface area (Å²) in [4.78, 5) is 23.1. The predicted octanol–water partition coefficient (Wildman–Crippen LogP) is 1.88. The Morgan fingerprint density at radius 2 is 2.05 bits per heavy atom. The maximum Gasteiger partial charge on any atom is 0.341 e. The monoisotopic (exact) mass is 263 g/mol. The van der Waals surface area contributed by atoms with Crippen LogP contribution in [0.4, 0.5) is 4.39 Å². The third-order valence-corrected chi connectivity index (χ3v) is 3.24. The van der Waals surface area contributed by atoms with Gasteiger partial charge in [-0.15, -0.1) is 0 Å². The smallest absolute Gasteiger partial charge is 0.341 e. The summed E-state index contributed by atoms with van der Waals surface area (Å²) in [5.74, 6) is -2.48. The van der Waals surface area contributed by atoms with Gasteiger partial charge in [0.1, 0.15) is 17.1 Å². The van der Waals surface area contributed by atoms with Gasteiger partial charge >= 0.3 is 5.97 Å². The van der Waals surface area contributed by atoms with E-state index in [9.17, 15) is 19.1 Å². The van der Waals surface area contributed by atoms with Gasteiger partial charge in [0, 0.05) is 18.3 Å². The molecule has 0 radical (unpaired) electrons. The van der Waals surface area contributed by atoms with Gasteiger partial charge < -0.3 is 14.8 Å². The van der Waals surface area contributed by atoms with Crippen molar-refractivity contribution < 1.29 is 19.4 Å². The molecule has 0 atom stereocenters. The lowest BCUT2D eigenvalue weighted by Gasteiger charge is -2.12. The highest BCUT2D eigenvalue weighted by Crippen LogP contribution is 2.39. The van der Waals surface area contributed by atoms with Crippen molar-refractivity contribution in [2.24, 2.45) is 0 Å². The van der Waals surface area contributed by atoms with Gasteiger partial charge in [-0.05, 0) is 18.9 Å². The molecule has 1 aromatic heterocycles. The standard InChI is InChI=1S/C13H10FNO4/c14-6-3-8-11(10(16)4-6)15(7-1-2-7)5-9(12(8)17)13(18)19/h3-5,7,16H,1-2H2,(H,18,19). The number of nitrogens with zero attached hydrogens (tertiary/aromatic N) is 1. The molecule has 1 aromatic carbocycles. The second-order valence-corrected chi connectivity index (χ2v) is 4.64. The number of aromatic hydroxyl groups is 1. The number of pyridine rings is 1. The number of aromatic nitrogens is 1. The highest BCUT2D eigenvalue weighted by atomic mass is 19.1. The third kappa shape index (κ3) is 1.76. The summed E-state index contributed by atoms with van der Waals surface area (Å²) in [5.41, 5.74) is -1.00. The molecule has 0 spiro atoms. The zero-order valence-electron chi connectivity index (χ0n) is 9.76. The number of carboxylic acids is 1. The lowest BCUT2D eigenvalue weighted by Crippen LogP contribution is -2.18. The van der Waals surface area contributed by atoms with Gasteiger partial charge in [-0.3, -0.25) is 4.79 Å². The van der Waals surface area contributed by atoms with Crippen LogP contribution in [0.15, 0.2) is 23.1 Å². The molecule has 0 unspecified atom stereocenters. The molecule has 98 valence electrons. The first-order valence-electron chi connectivity index (χ1n) is 5.79. The molecule has 19 heavy (non-hydrogen) atoms. The van der Waals surface area contributed by atoms with Crippen LogP contribution in [0.2, 0.25) is 0 Å². The van der Waals surface area contributed by atoms with E-state index in [0.717, 1.165) is 25.0 Å². The Balaban J connectivity index is 2.49. The van der Waals surface area contributed by atoms with E-state index in [2.05, 4.69) is 0 Å².